The Morgan fingerprint density at radius 2 is 1.72 bits per heavy atom. The van der Waals surface area contributed by atoms with Gasteiger partial charge in [0.15, 0.2) is 11.6 Å². The molecule has 4 heterocycles. The van der Waals surface area contributed by atoms with Crippen molar-refractivity contribution in [1.82, 2.24) is 24.7 Å². The lowest BCUT2D eigenvalue weighted by Gasteiger charge is -2.25. The average molecular weight is 433 g/mol. The zero-order chi connectivity index (χ0) is 21.8. The van der Waals surface area contributed by atoms with E-state index in [1.807, 2.05) is 4.57 Å². The summed E-state index contributed by atoms with van der Waals surface area (Å²) < 4.78 is 1.95. The molecule has 0 bridgehead atoms. The van der Waals surface area contributed by atoms with Crippen molar-refractivity contribution in [2.75, 3.05) is 28.6 Å². The fraction of sp³-hybridized carbons (Fsp3) is 0.500. The molecule has 2 aromatic heterocycles. The summed E-state index contributed by atoms with van der Waals surface area (Å²) in [5.74, 6) is 2.26. The van der Waals surface area contributed by atoms with E-state index in [0.717, 1.165) is 42.5 Å². The van der Waals surface area contributed by atoms with E-state index in [0.29, 0.717) is 5.95 Å². The fourth-order valence-electron chi connectivity index (χ4n) is 4.64. The van der Waals surface area contributed by atoms with Gasteiger partial charge in [0, 0.05) is 24.5 Å². The molecule has 1 saturated heterocycles. The second-order valence-corrected chi connectivity index (χ2v) is 8.73. The number of rotatable bonds is 4. The van der Waals surface area contributed by atoms with Crippen LogP contribution in [0.5, 0.6) is 0 Å². The van der Waals surface area contributed by atoms with E-state index in [4.69, 9.17) is 0 Å². The second-order valence-electron chi connectivity index (χ2n) is 8.73. The van der Waals surface area contributed by atoms with Crippen LogP contribution in [0.15, 0.2) is 36.8 Å². The molecular weight excluding hydrogens is 400 g/mol. The molecule has 1 atom stereocenters. The molecule has 0 amide bonds. The summed E-state index contributed by atoms with van der Waals surface area (Å²) in [6, 6.07) is 8.57. The van der Waals surface area contributed by atoms with Crippen LogP contribution >= 0.6 is 0 Å². The highest BCUT2D eigenvalue weighted by Gasteiger charge is 2.26. The maximum atomic E-state index is 4.66. The van der Waals surface area contributed by atoms with Gasteiger partial charge in [-0.15, -0.1) is 10.2 Å². The summed E-state index contributed by atoms with van der Waals surface area (Å²) in [5.41, 5.74) is 3.12. The molecule has 2 fully saturated rings. The van der Waals surface area contributed by atoms with Crippen LogP contribution in [0.1, 0.15) is 70.2 Å². The van der Waals surface area contributed by atoms with Crippen LogP contribution in [-0.2, 0) is 0 Å². The van der Waals surface area contributed by atoms with E-state index in [1.54, 1.807) is 12.5 Å². The minimum Gasteiger partial charge on any atom is -0.372 e. The monoisotopic (exact) mass is 432 g/mol. The number of nitrogens with zero attached hydrogens (tertiary/aromatic N) is 6. The Labute approximate surface area is 189 Å². The molecule has 6 rings (SSSR count). The first-order valence-corrected chi connectivity index (χ1v) is 12.0. The van der Waals surface area contributed by atoms with E-state index in [-0.39, 0.29) is 6.04 Å². The quantitative estimate of drug-likeness (QED) is 0.584. The van der Waals surface area contributed by atoms with Crippen LogP contribution in [0.25, 0.3) is 5.69 Å². The SMILES string of the molecule is C1CCCC1.CCC1Nc2nc(Nc3ccc(N4CCCC4)cc3)ncc2-n2cnnc21. The maximum absolute atomic E-state index is 4.66. The Balaban J connectivity index is 0.000000383. The molecule has 0 spiro atoms. The lowest BCUT2D eigenvalue weighted by Crippen LogP contribution is -2.23. The second kappa shape index (κ2) is 9.54. The molecule has 32 heavy (non-hydrogen) atoms. The normalized spacial score (nSPS) is 18.9. The molecular formula is C24H32N8. The van der Waals surface area contributed by atoms with Crippen molar-refractivity contribution in [2.24, 2.45) is 0 Å². The Hall–Kier alpha value is -3.16. The third-order valence-corrected chi connectivity index (χ3v) is 6.48. The van der Waals surface area contributed by atoms with Gasteiger partial charge in [0.25, 0.3) is 0 Å². The number of fused-ring (bicyclic) bond motifs is 3. The molecule has 3 aromatic rings. The smallest absolute Gasteiger partial charge is 0.229 e. The maximum Gasteiger partial charge on any atom is 0.229 e. The van der Waals surface area contributed by atoms with Gasteiger partial charge in [-0.25, -0.2) is 4.98 Å². The molecule has 168 valence electrons. The minimum atomic E-state index is 0.0995. The largest absolute Gasteiger partial charge is 0.372 e. The molecule has 2 aliphatic heterocycles. The van der Waals surface area contributed by atoms with Crippen molar-refractivity contribution >= 4 is 23.1 Å². The van der Waals surface area contributed by atoms with Crippen LogP contribution in [0.3, 0.4) is 0 Å². The van der Waals surface area contributed by atoms with Crippen LogP contribution in [0.4, 0.5) is 23.1 Å². The summed E-state index contributed by atoms with van der Waals surface area (Å²) in [5, 5.41) is 15.0. The molecule has 8 heteroatoms. The van der Waals surface area contributed by atoms with Crippen LogP contribution < -0.4 is 15.5 Å². The van der Waals surface area contributed by atoms with Gasteiger partial charge in [-0.05, 0) is 43.5 Å². The molecule has 1 aromatic carbocycles. The van der Waals surface area contributed by atoms with Gasteiger partial charge in [-0.1, -0.05) is 39.0 Å². The number of nitrogens with one attached hydrogen (secondary N) is 2. The van der Waals surface area contributed by atoms with E-state index in [1.165, 1.54) is 50.6 Å². The van der Waals surface area contributed by atoms with Gasteiger partial charge >= 0.3 is 0 Å². The number of hydrogen-bond acceptors (Lipinski definition) is 7. The highest BCUT2D eigenvalue weighted by molar-refractivity contribution is 5.64. The summed E-state index contributed by atoms with van der Waals surface area (Å²) in [7, 11) is 0. The van der Waals surface area contributed by atoms with Gasteiger partial charge < -0.3 is 15.5 Å². The van der Waals surface area contributed by atoms with Crippen molar-refractivity contribution in [2.45, 2.75) is 64.3 Å². The Morgan fingerprint density at radius 1 is 1.00 bits per heavy atom. The minimum absolute atomic E-state index is 0.0995. The molecule has 1 saturated carbocycles. The van der Waals surface area contributed by atoms with E-state index in [9.17, 15) is 0 Å². The van der Waals surface area contributed by atoms with E-state index >= 15 is 0 Å². The molecule has 3 aliphatic rings. The van der Waals surface area contributed by atoms with E-state index in [2.05, 4.69) is 66.9 Å². The number of aromatic nitrogens is 5. The zero-order valence-corrected chi connectivity index (χ0v) is 18.8. The molecule has 8 nitrogen and oxygen atoms in total. The van der Waals surface area contributed by atoms with Crippen molar-refractivity contribution < 1.29 is 0 Å². The first kappa shape index (κ1) is 20.7. The van der Waals surface area contributed by atoms with Crippen LogP contribution in [0, 0.1) is 0 Å². The van der Waals surface area contributed by atoms with Gasteiger partial charge in [0.2, 0.25) is 5.95 Å². The number of benzene rings is 1. The topological polar surface area (TPSA) is 83.8 Å². The van der Waals surface area contributed by atoms with Gasteiger partial charge in [-0.3, -0.25) is 4.57 Å². The van der Waals surface area contributed by atoms with Crippen LogP contribution in [-0.4, -0.2) is 37.8 Å². The Morgan fingerprint density at radius 3 is 2.41 bits per heavy atom. The lowest BCUT2D eigenvalue weighted by atomic mass is 10.1. The zero-order valence-electron chi connectivity index (χ0n) is 18.8. The first-order chi connectivity index (χ1) is 15.8. The summed E-state index contributed by atoms with van der Waals surface area (Å²) in [4.78, 5) is 11.6. The molecule has 2 N–H and O–H groups in total. The van der Waals surface area contributed by atoms with E-state index < -0.39 is 0 Å². The third-order valence-electron chi connectivity index (χ3n) is 6.48. The predicted molar refractivity (Wildman–Crippen MR) is 128 cm³/mol. The van der Waals surface area contributed by atoms with Crippen LogP contribution in [0.2, 0.25) is 0 Å². The van der Waals surface area contributed by atoms with Crippen molar-refractivity contribution in [1.29, 1.82) is 0 Å². The molecule has 1 aliphatic carbocycles. The average Bonchev–Trinajstić information content (AvgIpc) is 3.62. The van der Waals surface area contributed by atoms with Crippen molar-refractivity contribution in [3.63, 3.8) is 0 Å². The third kappa shape index (κ3) is 4.40. The summed E-state index contributed by atoms with van der Waals surface area (Å²) in [6.07, 6.45) is 14.5. The molecule has 0 radical (unpaired) electrons. The standard InChI is InChI=1S/C19H22N8.C5H10/c1-2-15-18-25-21-12-27(18)16-11-20-19(24-17(16)23-15)22-13-5-7-14(8-6-13)26-9-3-4-10-26;1-2-4-5-3-1/h5-8,11-12,15H,2-4,9-10H2,1H3,(H2,20,22,23,24);1-5H2. The number of anilines is 4. The fourth-order valence-corrected chi connectivity index (χ4v) is 4.64. The lowest BCUT2D eigenvalue weighted by molar-refractivity contribution is 0.651. The van der Waals surface area contributed by atoms with Gasteiger partial charge in [0.1, 0.15) is 12.0 Å². The molecule has 1 unspecified atom stereocenters. The van der Waals surface area contributed by atoms with Crippen molar-refractivity contribution in [3.8, 4) is 5.69 Å². The predicted octanol–water partition coefficient (Wildman–Crippen LogP) is 5.23. The highest BCUT2D eigenvalue weighted by Crippen LogP contribution is 2.32. The first-order valence-electron chi connectivity index (χ1n) is 12.0. The van der Waals surface area contributed by atoms with Gasteiger partial charge in [0.05, 0.1) is 12.2 Å². The highest BCUT2D eigenvalue weighted by atomic mass is 15.3. The Kier molecular flexibility index (Phi) is 6.18. The van der Waals surface area contributed by atoms with Crippen molar-refractivity contribution in [3.05, 3.63) is 42.6 Å². The summed E-state index contributed by atoms with van der Waals surface area (Å²) in [6.45, 7) is 4.41. The Bertz CT molecular complexity index is 1010. The number of hydrogen-bond donors (Lipinski definition) is 2. The van der Waals surface area contributed by atoms with Gasteiger partial charge in [-0.2, -0.15) is 4.98 Å². The summed E-state index contributed by atoms with van der Waals surface area (Å²) >= 11 is 0.